The molecule has 3 nitrogen and oxygen atoms in total. The van der Waals surface area contributed by atoms with Gasteiger partial charge in [-0.2, -0.15) is 0 Å². The number of Topliss-reactive ketones (excluding diaryl/α,β-unsaturated/α-hetero) is 1. The number of nitrogens with one attached hydrogen (secondary N) is 1. The first-order valence-corrected chi connectivity index (χ1v) is 6.65. The van der Waals surface area contributed by atoms with Crippen molar-refractivity contribution < 1.29 is 9.59 Å². The number of carbonyl (C=O) groups is 2. The van der Waals surface area contributed by atoms with Gasteiger partial charge in [-0.1, -0.05) is 29.8 Å². The molecule has 0 bridgehead atoms. The molecule has 0 saturated carbocycles. The van der Waals surface area contributed by atoms with E-state index in [0.29, 0.717) is 11.3 Å². The summed E-state index contributed by atoms with van der Waals surface area (Å²) < 4.78 is -0.574. The summed E-state index contributed by atoms with van der Waals surface area (Å²) in [6, 6.07) is 6.93. The summed E-state index contributed by atoms with van der Waals surface area (Å²) in [5.74, 6) is -0.0769. The topological polar surface area (TPSA) is 46.2 Å². The lowest BCUT2D eigenvalue weighted by Gasteiger charge is -2.15. The summed E-state index contributed by atoms with van der Waals surface area (Å²) in [5.41, 5.74) is 1.33. The number of hydrogen-bond donors (Lipinski definition) is 1. The van der Waals surface area contributed by atoms with Gasteiger partial charge in [0.15, 0.2) is 5.78 Å². The van der Waals surface area contributed by atoms with Crippen LogP contribution >= 0.6 is 15.9 Å². The second kappa shape index (κ2) is 5.65. The number of amides is 1. The fourth-order valence-corrected chi connectivity index (χ4v) is 1.56. The number of hydrogen-bond acceptors (Lipinski definition) is 2. The van der Waals surface area contributed by atoms with Crippen LogP contribution in [0.4, 0.5) is 5.69 Å². The van der Waals surface area contributed by atoms with Crippen LogP contribution in [-0.4, -0.2) is 16.0 Å². The molecule has 0 saturated heterocycles. The molecule has 0 aliphatic carbocycles. The van der Waals surface area contributed by atoms with Gasteiger partial charge in [0.1, 0.15) is 0 Å². The Morgan fingerprint density at radius 1 is 1.17 bits per heavy atom. The SMILES string of the molecule is CC(C)C(=O)Nc1ccc(C(=O)C(C)(C)Br)cc1. The van der Waals surface area contributed by atoms with Crippen molar-refractivity contribution in [2.45, 2.75) is 32.0 Å². The van der Waals surface area contributed by atoms with E-state index in [0.717, 1.165) is 0 Å². The smallest absolute Gasteiger partial charge is 0.226 e. The highest BCUT2D eigenvalue weighted by molar-refractivity contribution is 9.10. The van der Waals surface area contributed by atoms with Gasteiger partial charge in [0.25, 0.3) is 0 Å². The normalized spacial score (nSPS) is 11.4. The fraction of sp³-hybridized carbons (Fsp3) is 0.429. The molecule has 0 atom stereocenters. The molecule has 0 spiro atoms. The Balaban J connectivity index is 2.81. The van der Waals surface area contributed by atoms with Gasteiger partial charge in [-0.3, -0.25) is 9.59 Å². The first kappa shape index (κ1) is 14.9. The lowest BCUT2D eigenvalue weighted by atomic mass is 10.0. The number of ketones is 1. The molecule has 1 amide bonds. The van der Waals surface area contributed by atoms with E-state index >= 15 is 0 Å². The van der Waals surface area contributed by atoms with Gasteiger partial charge in [-0.25, -0.2) is 0 Å². The third kappa shape index (κ3) is 3.95. The van der Waals surface area contributed by atoms with Crippen LogP contribution in [0.5, 0.6) is 0 Å². The second-order valence-corrected chi connectivity index (χ2v) is 7.01. The highest BCUT2D eigenvalue weighted by Crippen LogP contribution is 2.23. The lowest BCUT2D eigenvalue weighted by Crippen LogP contribution is -2.24. The van der Waals surface area contributed by atoms with Crippen molar-refractivity contribution >= 4 is 33.3 Å². The minimum Gasteiger partial charge on any atom is -0.326 e. The van der Waals surface area contributed by atoms with E-state index in [1.807, 2.05) is 27.7 Å². The van der Waals surface area contributed by atoms with E-state index in [-0.39, 0.29) is 17.6 Å². The molecule has 0 aliphatic rings. The molecule has 1 N–H and O–H groups in total. The minimum absolute atomic E-state index is 0.0178. The molecule has 1 rings (SSSR count). The van der Waals surface area contributed by atoms with Gasteiger partial charge in [-0.05, 0) is 38.1 Å². The van der Waals surface area contributed by atoms with Crippen molar-refractivity contribution in [3.8, 4) is 0 Å². The molecule has 0 heterocycles. The van der Waals surface area contributed by atoms with Crippen molar-refractivity contribution in [1.82, 2.24) is 0 Å². The zero-order valence-corrected chi connectivity index (χ0v) is 12.7. The number of rotatable bonds is 4. The molecular formula is C14H18BrNO2. The Labute approximate surface area is 116 Å². The molecule has 1 aromatic rings. The van der Waals surface area contributed by atoms with Crippen LogP contribution in [0, 0.1) is 5.92 Å². The van der Waals surface area contributed by atoms with Gasteiger partial charge in [-0.15, -0.1) is 0 Å². The van der Waals surface area contributed by atoms with Crippen molar-refractivity contribution in [1.29, 1.82) is 0 Å². The average molecular weight is 312 g/mol. The van der Waals surface area contributed by atoms with Gasteiger partial charge < -0.3 is 5.32 Å². The molecule has 0 radical (unpaired) electrons. The zero-order chi connectivity index (χ0) is 13.9. The van der Waals surface area contributed by atoms with Crippen LogP contribution in [0.2, 0.25) is 0 Å². The van der Waals surface area contributed by atoms with Crippen LogP contribution in [0.1, 0.15) is 38.1 Å². The predicted octanol–water partition coefficient (Wildman–Crippen LogP) is 3.64. The van der Waals surface area contributed by atoms with E-state index in [1.165, 1.54) is 0 Å². The van der Waals surface area contributed by atoms with E-state index in [4.69, 9.17) is 0 Å². The number of anilines is 1. The van der Waals surface area contributed by atoms with Gasteiger partial charge in [0.2, 0.25) is 5.91 Å². The third-order valence-electron chi connectivity index (χ3n) is 2.48. The van der Waals surface area contributed by atoms with Gasteiger partial charge in [0, 0.05) is 17.2 Å². The lowest BCUT2D eigenvalue weighted by molar-refractivity contribution is -0.118. The third-order valence-corrected chi connectivity index (χ3v) is 2.84. The Morgan fingerprint density at radius 3 is 2.06 bits per heavy atom. The van der Waals surface area contributed by atoms with E-state index in [2.05, 4.69) is 21.2 Å². The Morgan fingerprint density at radius 2 is 1.67 bits per heavy atom. The van der Waals surface area contributed by atoms with Crippen molar-refractivity contribution in [2.75, 3.05) is 5.32 Å². The molecule has 0 unspecified atom stereocenters. The summed E-state index contributed by atoms with van der Waals surface area (Å²) in [6.45, 7) is 7.29. The first-order chi connectivity index (χ1) is 8.21. The second-order valence-electron chi connectivity index (χ2n) is 5.02. The zero-order valence-electron chi connectivity index (χ0n) is 11.1. The van der Waals surface area contributed by atoms with E-state index in [9.17, 15) is 9.59 Å². The molecule has 0 fully saturated rings. The summed E-state index contributed by atoms with van der Waals surface area (Å²) in [5, 5.41) is 2.78. The van der Waals surface area contributed by atoms with Gasteiger partial charge >= 0.3 is 0 Å². The van der Waals surface area contributed by atoms with Gasteiger partial charge in [0.05, 0.1) is 4.32 Å². The maximum Gasteiger partial charge on any atom is 0.226 e. The molecular weight excluding hydrogens is 294 g/mol. The van der Waals surface area contributed by atoms with Crippen LogP contribution in [-0.2, 0) is 4.79 Å². The van der Waals surface area contributed by atoms with E-state index in [1.54, 1.807) is 24.3 Å². The Bertz CT molecular complexity index is 444. The average Bonchev–Trinajstić information content (AvgIpc) is 2.27. The Kier molecular flexibility index (Phi) is 4.68. The van der Waals surface area contributed by atoms with Crippen molar-refractivity contribution in [3.63, 3.8) is 0 Å². The quantitative estimate of drug-likeness (QED) is 0.681. The first-order valence-electron chi connectivity index (χ1n) is 5.86. The fourth-order valence-electron chi connectivity index (χ4n) is 1.33. The number of alkyl halides is 1. The molecule has 98 valence electrons. The molecule has 4 heteroatoms. The van der Waals surface area contributed by atoms with E-state index < -0.39 is 4.32 Å². The predicted molar refractivity (Wildman–Crippen MR) is 77.2 cm³/mol. The molecule has 1 aromatic carbocycles. The summed E-state index contributed by atoms with van der Waals surface area (Å²) >= 11 is 3.34. The standard InChI is InChI=1S/C14H18BrNO2/c1-9(2)13(18)16-11-7-5-10(6-8-11)12(17)14(3,4)15/h5-9H,1-4H3,(H,16,18). The van der Waals surface area contributed by atoms with Crippen LogP contribution < -0.4 is 5.32 Å². The minimum atomic E-state index is -0.574. The largest absolute Gasteiger partial charge is 0.326 e. The van der Waals surface area contributed by atoms with Crippen molar-refractivity contribution in [3.05, 3.63) is 29.8 Å². The number of carbonyl (C=O) groups excluding carboxylic acids is 2. The number of halogens is 1. The van der Waals surface area contributed by atoms with Crippen LogP contribution in [0.25, 0.3) is 0 Å². The Hall–Kier alpha value is -1.16. The highest BCUT2D eigenvalue weighted by Gasteiger charge is 2.24. The van der Waals surface area contributed by atoms with Crippen molar-refractivity contribution in [2.24, 2.45) is 5.92 Å². The molecule has 0 aliphatic heterocycles. The molecule has 18 heavy (non-hydrogen) atoms. The summed E-state index contributed by atoms with van der Waals surface area (Å²) in [4.78, 5) is 23.5. The summed E-state index contributed by atoms with van der Waals surface area (Å²) in [6.07, 6.45) is 0. The monoisotopic (exact) mass is 311 g/mol. The number of benzene rings is 1. The molecule has 0 aromatic heterocycles. The maximum absolute atomic E-state index is 12.0. The van der Waals surface area contributed by atoms with Crippen LogP contribution in [0.15, 0.2) is 24.3 Å². The highest BCUT2D eigenvalue weighted by atomic mass is 79.9. The summed E-state index contributed by atoms with van der Waals surface area (Å²) in [7, 11) is 0. The van der Waals surface area contributed by atoms with Crippen LogP contribution in [0.3, 0.4) is 0 Å². The maximum atomic E-state index is 12.0.